The second kappa shape index (κ2) is 51.6. The Bertz CT molecular complexity index is 5040. The fraction of sp³-hybridized carbons (Fsp3) is 0.627. The van der Waals surface area contributed by atoms with Crippen LogP contribution in [0.4, 0.5) is 10.3 Å². The van der Waals surface area contributed by atoms with Crippen LogP contribution in [-0.4, -0.2) is 243 Å². The van der Waals surface area contributed by atoms with Gasteiger partial charge in [-0.05, 0) is 236 Å². The third-order valence-corrected chi connectivity index (χ3v) is 34.9. The number of fused-ring (bicyclic) bond motifs is 2. The monoisotopic (exact) mass is 2030 g/mol. The molecule has 10 aliphatic rings. The summed E-state index contributed by atoms with van der Waals surface area (Å²) in [4.78, 5) is 67.0. The van der Waals surface area contributed by atoms with Crippen molar-refractivity contribution in [1.29, 1.82) is 0 Å². The third-order valence-electron chi connectivity index (χ3n) is 21.6. The number of aromatic amines is 2. The minimum atomic E-state index is -3.43. The van der Waals surface area contributed by atoms with Crippen molar-refractivity contribution in [2.24, 2.45) is 23.7 Å². The van der Waals surface area contributed by atoms with E-state index in [-0.39, 0.29) is 71.0 Å². The fourth-order valence-electron chi connectivity index (χ4n) is 13.4. The van der Waals surface area contributed by atoms with Crippen molar-refractivity contribution >= 4 is 183 Å². The van der Waals surface area contributed by atoms with Crippen LogP contribution in [0.1, 0.15) is 180 Å². The molecule has 127 heavy (non-hydrogen) atoms. The van der Waals surface area contributed by atoms with Gasteiger partial charge in [0.15, 0.2) is 40.0 Å². The fourth-order valence-corrected chi connectivity index (χ4v) is 24.0. The minimum Gasteiger partial charge on any atom is -0.481 e. The summed E-state index contributed by atoms with van der Waals surface area (Å²) in [6, 6.07) is 14.4. The zero-order chi connectivity index (χ0) is 88.2. The lowest BCUT2D eigenvalue weighted by Crippen LogP contribution is -2.30. The van der Waals surface area contributed by atoms with E-state index in [1.165, 1.54) is 122 Å². The quantitative estimate of drug-likeness (QED) is 0.0111. The summed E-state index contributed by atoms with van der Waals surface area (Å²) in [5, 5.41) is 35.4. The molecule has 695 valence electrons. The van der Waals surface area contributed by atoms with E-state index in [0.29, 0.717) is 115 Å². The molecule has 3 radical (unpaired) electrons. The van der Waals surface area contributed by atoms with Crippen molar-refractivity contribution in [2.45, 2.75) is 236 Å². The Kier molecular flexibility index (Phi) is 41.7. The van der Waals surface area contributed by atoms with E-state index in [9.17, 15) is 36.0 Å². The van der Waals surface area contributed by atoms with Gasteiger partial charge in [0, 0.05) is 125 Å². The Labute approximate surface area is 785 Å². The molecule has 4 aliphatic heterocycles. The summed E-state index contributed by atoms with van der Waals surface area (Å²) in [5.41, 5.74) is 6.99. The topological polar surface area (TPSA) is 420 Å². The maximum atomic E-state index is 13.4. The lowest BCUT2D eigenvalue weighted by atomic mass is 9.92. The molecule has 9 aromatic heterocycles. The van der Waals surface area contributed by atoms with Crippen LogP contribution in [0.5, 0.6) is 11.8 Å². The van der Waals surface area contributed by atoms with Crippen molar-refractivity contribution in [3.8, 4) is 11.8 Å². The number of hydrogen-bond acceptors (Lipinski definition) is 33. The van der Waals surface area contributed by atoms with Crippen molar-refractivity contribution in [3.05, 3.63) is 90.2 Å². The number of nitrogens with one attached hydrogen (secondary N) is 3. The van der Waals surface area contributed by atoms with Crippen LogP contribution in [0.2, 0.25) is 0 Å². The number of pyridine rings is 2. The number of aromatic nitrogens is 14. The van der Waals surface area contributed by atoms with E-state index in [1.54, 1.807) is 61.9 Å². The standard InChI is InChI=1S/C21H25N5O5S2.C15H22N2O5S.C15H22N2O3S.C9H15BrO3.C7H7N3OS.C6H8N2S.C6H10S2.C3H3BrN2.CH4.B/c1-30-17-5-4-15-20(23-17)32-21(22-15)24-19(27)16(12-13-7-10-31-11-8-13)26-9-6-18(25-26)33(28,29)14-2-3-14;1-21-15(18)13(10-11-5-8-22-9-6-11)17-7-4-14(16-17)23(19,20)12-2-3-12;1-19-15(18)13(10-11-5-8-20-9-6-11)17-7-4-14(16-17)21-12-2-3-12;1-12-9(11)8(10)6-7-2-4-13-5-3-7;1-11-5-3-2-4-6(10-5)12-7(8)9-4;1-2-5(1)9-6-3-4-7-8-6;1-2-5(1)7-8-6-3-4-6;4-3-1-2-5-6-3;;/h4-6,9,13-14,16H,2-3,7-8,10-12H2,1H3,(H,22,24,27);4,7,11-13H,2-3,5-6,8-10H2,1H3;4,7,11-13H,2-3,5-6,8-10H2,1H3;7-8H,2-6H2,1H3;2-3H,1H3,(H2,8,9);3-5H,1-2H2,(H,7,8);5-6H,1-4H2;1-2H,(H,5,6);1H4;. The van der Waals surface area contributed by atoms with Gasteiger partial charge in [0.25, 0.3) is 5.91 Å². The van der Waals surface area contributed by atoms with Crippen LogP contribution in [0.25, 0.3) is 20.7 Å². The number of carbonyl (C=O) groups is 4. The van der Waals surface area contributed by atoms with Crippen molar-refractivity contribution < 1.29 is 78.6 Å². The Morgan fingerprint density at radius 3 is 1.31 bits per heavy atom. The van der Waals surface area contributed by atoms with Gasteiger partial charge in [-0.25, -0.2) is 46.4 Å². The number of nitrogens with zero attached hydrogens (tertiary/aromatic N) is 12. The predicted molar refractivity (Wildman–Crippen MR) is 503 cm³/mol. The van der Waals surface area contributed by atoms with Gasteiger partial charge in [0.1, 0.15) is 53.3 Å². The van der Waals surface area contributed by atoms with Gasteiger partial charge in [-0.3, -0.25) is 33.8 Å². The molecule has 9 aromatic rings. The highest BCUT2D eigenvalue weighted by molar-refractivity contribution is 9.10. The first-order valence-corrected chi connectivity index (χ1v) is 52.8. The number of hydrogen-bond donors (Lipinski definition) is 4. The van der Waals surface area contributed by atoms with Crippen LogP contribution in [0, 0.1) is 23.7 Å². The number of ether oxygens (including phenoxy) is 9. The average molecular weight is 2040 g/mol. The summed E-state index contributed by atoms with van der Waals surface area (Å²) in [6.07, 6.45) is 32.9. The Morgan fingerprint density at radius 1 is 0.496 bits per heavy atom. The highest BCUT2D eigenvalue weighted by atomic mass is 79.9. The number of H-pyrrole nitrogens is 2. The average Bonchev–Trinajstić information content (AvgIpc) is 1.64. The SMILES string of the molecule is Brc1ccn[nH]1.C.C1CC1SSC1CC1.COC(=O)C(Br)CC1CCOCC1.COC(=O)C(CC1CCOCC1)n1ccc(S(=O)(=O)C2CC2)n1.COC(=O)C(CC1CCOCC1)n1ccc(SC2CC2)n1.COc1ccc2nc(N)sc2n1.COc1ccc2nc(NC(=O)C(CC3CCOCC3)n3ccc(S(=O)(=O)C4CC4)n3)sc2n1.[B].c1cc(SC2CC2)[nH]n1. The molecule has 0 spiro atoms. The second-order valence-electron chi connectivity index (χ2n) is 31.6. The number of nitrogen functional groups attached to an aromatic ring is 1. The number of rotatable bonds is 29. The van der Waals surface area contributed by atoms with Crippen molar-refractivity contribution in [1.82, 2.24) is 69.7 Å². The lowest BCUT2D eigenvalue weighted by molar-refractivity contribution is -0.146. The molecule has 6 aliphatic carbocycles. The lowest BCUT2D eigenvalue weighted by Gasteiger charge is -2.26. The van der Waals surface area contributed by atoms with Crippen LogP contribution in [-0.2, 0) is 72.0 Å². The van der Waals surface area contributed by atoms with E-state index in [4.69, 9.17) is 43.6 Å². The van der Waals surface area contributed by atoms with Crippen molar-refractivity contribution in [3.63, 3.8) is 0 Å². The number of carbonyl (C=O) groups excluding carboxylic acids is 4. The molecule has 1 amide bonds. The molecule has 19 rings (SSSR count). The van der Waals surface area contributed by atoms with Gasteiger partial charge in [0.2, 0.25) is 11.8 Å². The normalized spacial score (nSPS) is 18.7. The molecular formula is C83H116BBr2N16O17S8. The number of nitrogens with two attached hydrogens (primary N) is 1. The molecule has 0 aromatic carbocycles. The maximum absolute atomic E-state index is 13.4. The zero-order valence-corrected chi connectivity index (χ0v) is 81.0. The number of esters is 3. The smallest absolute Gasteiger partial charge is 0.330 e. The molecule has 5 N–H and O–H groups in total. The van der Waals surface area contributed by atoms with E-state index in [1.807, 2.05) is 54.0 Å². The number of thioether (sulfide) groups is 2. The van der Waals surface area contributed by atoms with Gasteiger partial charge >= 0.3 is 17.9 Å². The van der Waals surface area contributed by atoms with Crippen LogP contribution >= 0.6 is 99.6 Å². The van der Waals surface area contributed by atoms with Gasteiger partial charge < -0.3 is 53.7 Å². The van der Waals surface area contributed by atoms with Crippen LogP contribution in [0.15, 0.2) is 110 Å². The first-order valence-electron chi connectivity index (χ1n) is 42.4. The first kappa shape index (κ1) is 103. The largest absolute Gasteiger partial charge is 0.481 e. The number of anilines is 2. The van der Waals surface area contributed by atoms with Crippen LogP contribution < -0.4 is 20.5 Å². The van der Waals surface area contributed by atoms with Crippen LogP contribution in [0.3, 0.4) is 0 Å². The second-order valence-corrected chi connectivity index (χ2v) is 45.4. The number of halogens is 2. The minimum absolute atomic E-state index is 0. The van der Waals surface area contributed by atoms with Gasteiger partial charge in [-0.1, -0.05) is 67.6 Å². The molecule has 44 heteroatoms. The van der Waals surface area contributed by atoms with E-state index in [0.717, 1.165) is 132 Å². The number of sulfone groups is 2. The predicted octanol–water partition coefficient (Wildman–Crippen LogP) is 15.7. The molecule has 10 fully saturated rings. The van der Waals surface area contributed by atoms with Gasteiger partial charge in [-0.2, -0.15) is 25.5 Å². The molecule has 13 heterocycles. The van der Waals surface area contributed by atoms with E-state index < -0.39 is 37.7 Å². The number of amides is 1. The van der Waals surface area contributed by atoms with E-state index >= 15 is 0 Å². The summed E-state index contributed by atoms with van der Waals surface area (Å²) in [7, 11) is 4.80. The maximum Gasteiger partial charge on any atom is 0.330 e. The highest BCUT2D eigenvalue weighted by Crippen LogP contribution is 2.50. The summed E-state index contributed by atoms with van der Waals surface area (Å²) >= 11 is 12.8. The number of alkyl halides is 1. The molecule has 4 saturated heterocycles. The number of thiazole rings is 2. The van der Waals surface area contributed by atoms with E-state index in [2.05, 4.69) is 119 Å². The Morgan fingerprint density at radius 2 is 0.906 bits per heavy atom. The Balaban J connectivity index is 0.000000159. The first-order chi connectivity index (χ1) is 60.5. The summed E-state index contributed by atoms with van der Waals surface area (Å²) in [6.45, 7) is 5.94. The Hall–Kier alpha value is -6.43. The number of methoxy groups -OCH3 is 5. The van der Waals surface area contributed by atoms with Gasteiger partial charge in [-0.15, -0.1) is 23.5 Å². The molecule has 6 saturated carbocycles. The van der Waals surface area contributed by atoms with Crippen molar-refractivity contribution in [2.75, 3.05) is 99.5 Å². The molecule has 4 unspecified atom stereocenters. The molecule has 0 bridgehead atoms. The summed E-state index contributed by atoms with van der Waals surface area (Å²) in [5.74, 6) is 1.74. The summed E-state index contributed by atoms with van der Waals surface area (Å²) < 4.78 is 101. The molecular weight excluding hydrogens is 1920 g/mol. The molecule has 4 atom stereocenters. The van der Waals surface area contributed by atoms with Gasteiger partial charge in [0.05, 0.1) is 51.1 Å². The zero-order valence-electron chi connectivity index (χ0n) is 71.3. The highest BCUT2D eigenvalue weighted by Gasteiger charge is 2.41. The third kappa shape index (κ3) is 33.7. The molecule has 33 nitrogen and oxygen atoms in total.